The molecule has 10 heteroatoms. The first-order valence-electron chi connectivity index (χ1n) is 10.3. The number of aromatic amines is 1. The molecule has 0 aromatic carbocycles. The van der Waals surface area contributed by atoms with Crippen LogP contribution in [0.3, 0.4) is 0 Å². The number of ether oxygens (including phenoxy) is 1. The Hall–Kier alpha value is -2.72. The number of nitrogens with one attached hydrogen (secondary N) is 2. The maximum absolute atomic E-state index is 13.5. The SMILES string of the molecule is CCOC(=O)c1c(C)[nH]c(C)c1S(=O)(=O)N1CCC[C@H](C(=O)Nc2cccc(C)n2)C1. The number of sulfonamides is 1. The topological polar surface area (TPSA) is 121 Å². The van der Waals surface area contributed by atoms with E-state index >= 15 is 0 Å². The van der Waals surface area contributed by atoms with Gasteiger partial charge in [-0.2, -0.15) is 4.31 Å². The molecule has 1 atom stereocenters. The van der Waals surface area contributed by atoms with Gasteiger partial charge < -0.3 is 15.0 Å². The van der Waals surface area contributed by atoms with Crippen LogP contribution in [-0.2, 0) is 19.6 Å². The largest absolute Gasteiger partial charge is 0.462 e. The Balaban J connectivity index is 1.84. The van der Waals surface area contributed by atoms with Gasteiger partial charge in [-0.25, -0.2) is 18.2 Å². The van der Waals surface area contributed by atoms with Gasteiger partial charge in [0.2, 0.25) is 15.9 Å². The first-order chi connectivity index (χ1) is 14.6. The second-order valence-corrected chi connectivity index (χ2v) is 9.53. The number of H-pyrrole nitrogens is 1. The van der Waals surface area contributed by atoms with Crippen LogP contribution < -0.4 is 5.32 Å². The Morgan fingerprint density at radius 3 is 2.68 bits per heavy atom. The summed E-state index contributed by atoms with van der Waals surface area (Å²) in [5, 5.41) is 2.77. The maximum Gasteiger partial charge on any atom is 0.341 e. The predicted molar refractivity (Wildman–Crippen MR) is 115 cm³/mol. The van der Waals surface area contributed by atoms with Gasteiger partial charge in [0.05, 0.1) is 12.5 Å². The summed E-state index contributed by atoms with van der Waals surface area (Å²) in [6.45, 7) is 7.19. The number of pyridine rings is 1. The van der Waals surface area contributed by atoms with Crippen LogP contribution in [0, 0.1) is 26.7 Å². The smallest absolute Gasteiger partial charge is 0.341 e. The molecule has 2 N–H and O–H groups in total. The Morgan fingerprint density at radius 1 is 1.26 bits per heavy atom. The van der Waals surface area contributed by atoms with E-state index < -0.39 is 21.9 Å². The molecule has 1 fully saturated rings. The summed E-state index contributed by atoms with van der Waals surface area (Å²) in [7, 11) is -4.01. The van der Waals surface area contributed by atoms with Gasteiger partial charge in [0.1, 0.15) is 16.3 Å². The van der Waals surface area contributed by atoms with Gasteiger partial charge in [-0.05, 0) is 52.7 Å². The predicted octanol–water partition coefficient (Wildman–Crippen LogP) is 2.55. The van der Waals surface area contributed by atoms with Crippen molar-refractivity contribution in [3.05, 3.63) is 40.8 Å². The van der Waals surface area contributed by atoms with E-state index in [9.17, 15) is 18.0 Å². The van der Waals surface area contributed by atoms with Gasteiger partial charge in [-0.3, -0.25) is 4.79 Å². The molecule has 0 unspecified atom stereocenters. The van der Waals surface area contributed by atoms with Crippen molar-refractivity contribution in [1.29, 1.82) is 0 Å². The van der Waals surface area contributed by atoms with E-state index in [4.69, 9.17) is 4.74 Å². The number of esters is 1. The summed E-state index contributed by atoms with van der Waals surface area (Å²) >= 11 is 0. The number of piperidine rings is 1. The molecule has 0 bridgehead atoms. The monoisotopic (exact) mass is 448 g/mol. The quantitative estimate of drug-likeness (QED) is 0.655. The zero-order chi connectivity index (χ0) is 22.8. The van der Waals surface area contributed by atoms with Crippen molar-refractivity contribution in [3.8, 4) is 0 Å². The fraction of sp³-hybridized carbons (Fsp3) is 0.476. The van der Waals surface area contributed by atoms with Gasteiger partial charge in [-0.1, -0.05) is 6.07 Å². The molecule has 1 aliphatic heterocycles. The van der Waals surface area contributed by atoms with E-state index in [-0.39, 0.29) is 36.1 Å². The summed E-state index contributed by atoms with van der Waals surface area (Å²) in [6, 6.07) is 5.32. The number of carbonyl (C=O) groups excluding carboxylic acids is 2. The van der Waals surface area contributed by atoms with Crippen molar-refractivity contribution in [2.24, 2.45) is 5.92 Å². The zero-order valence-corrected chi connectivity index (χ0v) is 19.0. The van der Waals surface area contributed by atoms with E-state index in [2.05, 4.69) is 15.3 Å². The van der Waals surface area contributed by atoms with Crippen LogP contribution in [0.5, 0.6) is 0 Å². The normalized spacial score (nSPS) is 17.4. The van der Waals surface area contributed by atoms with Crippen LogP contribution in [0.15, 0.2) is 23.1 Å². The lowest BCUT2D eigenvalue weighted by molar-refractivity contribution is -0.120. The third-order valence-corrected chi connectivity index (χ3v) is 7.33. The number of rotatable bonds is 6. The van der Waals surface area contributed by atoms with Crippen molar-refractivity contribution in [2.75, 3.05) is 25.0 Å². The average Bonchev–Trinajstić information content (AvgIpc) is 3.03. The molecule has 1 saturated heterocycles. The number of aryl methyl sites for hydroxylation is 3. The van der Waals surface area contributed by atoms with Gasteiger partial charge in [-0.15, -0.1) is 0 Å². The molecule has 1 aliphatic rings. The summed E-state index contributed by atoms with van der Waals surface area (Å²) in [5.74, 6) is -1.03. The van der Waals surface area contributed by atoms with Crippen LogP contribution >= 0.6 is 0 Å². The Bertz CT molecular complexity index is 1090. The standard InChI is InChI=1S/C21H28N4O5S/c1-5-30-21(27)18-14(3)23-15(4)19(18)31(28,29)25-11-7-9-16(12-25)20(26)24-17-10-6-8-13(2)22-17/h6,8,10,16,23H,5,7,9,11-12H2,1-4H3,(H,22,24,26)/t16-/m0/s1. The molecule has 0 radical (unpaired) electrons. The van der Waals surface area contributed by atoms with Gasteiger partial charge in [0.15, 0.2) is 0 Å². The molecule has 3 rings (SSSR count). The lowest BCUT2D eigenvalue weighted by Crippen LogP contribution is -2.44. The molecule has 2 aromatic rings. The summed E-state index contributed by atoms with van der Waals surface area (Å²) in [6.07, 6.45) is 1.11. The molecular formula is C21H28N4O5S. The van der Waals surface area contributed by atoms with E-state index in [1.807, 2.05) is 13.0 Å². The lowest BCUT2D eigenvalue weighted by Gasteiger charge is -2.31. The summed E-state index contributed by atoms with van der Waals surface area (Å²) in [5.41, 5.74) is 1.60. The van der Waals surface area contributed by atoms with Crippen molar-refractivity contribution in [1.82, 2.24) is 14.3 Å². The molecule has 0 saturated carbocycles. The highest BCUT2D eigenvalue weighted by Gasteiger charge is 2.38. The van der Waals surface area contributed by atoms with Gasteiger partial charge in [0.25, 0.3) is 0 Å². The second kappa shape index (κ2) is 9.19. The zero-order valence-electron chi connectivity index (χ0n) is 18.2. The van der Waals surface area contributed by atoms with Gasteiger partial charge in [0, 0.05) is 30.2 Å². The summed E-state index contributed by atoms with van der Waals surface area (Å²) in [4.78, 5) is 32.3. The molecule has 2 aromatic heterocycles. The molecule has 31 heavy (non-hydrogen) atoms. The number of hydrogen-bond acceptors (Lipinski definition) is 6. The Kier molecular flexibility index (Phi) is 6.80. The minimum Gasteiger partial charge on any atom is -0.462 e. The van der Waals surface area contributed by atoms with E-state index in [0.717, 1.165) is 5.69 Å². The summed E-state index contributed by atoms with van der Waals surface area (Å²) < 4.78 is 33.3. The Morgan fingerprint density at radius 2 is 2.00 bits per heavy atom. The molecular weight excluding hydrogens is 420 g/mol. The van der Waals surface area contributed by atoms with Crippen molar-refractivity contribution in [2.45, 2.75) is 45.4 Å². The van der Waals surface area contributed by atoms with E-state index in [1.165, 1.54) is 4.31 Å². The van der Waals surface area contributed by atoms with Crippen LogP contribution in [0.4, 0.5) is 5.82 Å². The first kappa shape index (κ1) is 23.0. The van der Waals surface area contributed by atoms with Crippen LogP contribution in [0.25, 0.3) is 0 Å². The Labute approximate surface area is 182 Å². The third kappa shape index (κ3) is 4.80. The minimum atomic E-state index is -4.01. The number of carbonyl (C=O) groups is 2. The number of hydrogen-bond donors (Lipinski definition) is 2. The van der Waals surface area contributed by atoms with Crippen molar-refractivity contribution < 1.29 is 22.7 Å². The number of nitrogens with zero attached hydrogens (tertiary/aromatic N) is 2. The highest BCUT2D eigenvalue weighted by molar-refractivity contribution is 7.89. The third-order valence-electron chi connectivity index (χ3n) is 5.29. The van der Waals surface area contributed by atoms with Crippen LogP contribution in [0.2, 0.25) is 0 Å². The van der Waals surface area contributed by atoms with E-state index in [0.29, 0.717) is 30.0 Å². The molecule has 0 spiro atoms. The number of anilines is 1. The van der Waals surface area contributed by atoms with Crippen molar-refractivity contribution in [3.63, 3.8) is 0 Å². The highest BCUT2D eigenvalue weighted by Crippen LogP contribution is 2.30. The number of aromatic nitrogens is 2. The van der Waals surface area contributed by atoms with Gasteiger partial charge >= 0.3 is 5.97 Å². The van der Waals surface area contributed by atoms with Crippen LogP contribution in [-0.4, -0.2) is 54.3 Å². The van der Waals surface area contributed by atoms with Crippen LogP contribution in [0.1, 0.15) is 47.2 Å². The molecule has 3 heterocycles. The van der Waals surface area contributed by atoms with E-state index in [1.54, 1.807) is 32.9 Å². The number of amides is 1. The molecule has 1 amide bonds. The minimum absolute atomic E-state index is 0.0230. The maximum atomic E-state index is 13.5. The van der Waals surface area contributed by atoms with Crippen molar-refractivity contribution >= 4 is 27.7 Å². The fourth-order valence-corrected chi connectivity index (χ4v) is 5.81. The molecule has 9 nitrogen and oxygen atoms in total. The molecule has 0 aliphatic carbocycles. The highest BCUT2D eigenvalue weighted by atomic mass is 32.2. The second-order valence-electron chi connectivity index (χ2n) is 7.66. The fourth-order valence-electron chi connectivity index (χ4n) is 3.87. The lowest BCUT2D eigenvalue weighted by atomic mass is 9.99. The molecule has 168 valence electrons. The average molecular weight is 449 g/mol. The first-order valence-corrected chi connectivity index (χ1v) is 11.7.